The van der Waals surface area contributed by atoms with Gasteiger partial charge in [-0.1, -0.05) is 12.1 Å². The van der Waals surface area contributed by atoms with Gasteiger partial charge in [0.1, 0.15) is 4.21 Å². The van der Waals surface area contributed by atoms with E-state index in [0.29, 0.717) is 24.5 Å². The van der Waals surface area contributed by atoms with Crippen molar-refractivity contribution in [1.82, 2.24) is 5.32 Å². The minimum absolute atomic E-state index is 0.173. The Bertz CT molecular complexity index is 757. The highest BCUT2D eigenvalue weighted by atomic mass is 32.2. The van der Waals surface area contributed by atoms with Gasteiger partial charge in [-0.25, -0.2) is 13.2 Å². The van der Waals surface area contributed by atoms with Crippen LogP contribution in [0.1, 0.15) is 0 Å². The fourth-order valence-corrected chi connectivity index (χ4v) is 4.12. The number of hydrogen-bond donors (Lipinski definition) is 2. The van der Waals surface area contributed by atoms with E-state index in [1.807, 2.05) is 0 Å². The number of carbonyl (C=O) groups excluding carboxylic acids is 1. The van der Waals surface area contributed by atoms with Crippen LogP contribution in [0.15, 0.2) is 46.0 Å². The van der Waals surface area contributed by atoms with Gasteiger partial charge in [0.2, 0.25) is 0 Å². The first-order valence-electron chi connectivity index (χ1n) is 6.28. The molecule has 1 saturated heterocycles. The molecule has 1 fully saturated rings. The molecule has 0 radical (unpaired) electrons. The highest BCUT2D eigenvalue weighted by molar-refractivity contribution is 7.94. The number of benzene rings is 1. The molecule has 1 aromatic heterocycles. The van der Waals surface area contributed by atoms with Crippen molar-refractivity contribution in [1.29, 1.82) is 0 Å². The van der Waals surface area contributed by atoms with E-state index >= 15 is 0 Å². The van der Waals surface area contributed by atoms with E-state index in [4.69, 9.17) is 0 Å². The SMILES string of the molecule is O=C1NCCN1c1cccc(NS(=O)(=O)c2cccs2)c1. The Labute approximate surface area is 126 Å². The van der Waals surface area contributed by atoms with Gasteiger partial charge in [-0.2, -0.15) is 0 Å². The first-order valence-corrected chi connectivity index (χ1v) is 8.64. The van der Waals surface area contributed by atoms with Crippen LogP contribution in [-0.2, 0) is 10.0 Å². The van der Waals surface area contributed by atoms with Gasteiger partial charge in [-0.3, -0.25) is 9.62 Å². The number of anilines is 2. The van der Waals surface area contributed by atoms with Gasteiger partial charge in [-0.05, 0) is 29.6 Å². The highest BCUT2D eigenvalue weighted by Gasteiger charge is 2.22. The van der Waals surface area contributed by atoms with Crippen molar-refractivity contribution < 1.29 is 13.2 Å². The molecule has 0 spiro atoms. The van der Waals surface area contributed by atoms with Crippen molar-refractivity contribution in [2.75, 3.05) is 22.7 Å². The van der Waals surface area contributed by atoms with Crippen LogP contribution in [0.2, 0.25) is 0 Å². The van der Waals surface area contributed by atoms with E-state index in [1.165, 1.54) is 0 Å². The Hall–Kier alpha value is -2.06. The van der Waals surface area contributed by atoms with Crippen molar-refractivity contribution in [3.05, 3.63) is 41.8 Å². The topological polar surface area (TPSA) is 78.5 Å². The lowest BCUT2D eigenvalue weighted by atomic mass is 10.2. The van der Waals surface area contributed by atoms with Crippen molar-refractivity contribution in [3.8, 4) is 0 Å². The Kier molecular flexibility index (Phi) is 3.56. The van der Waals surface area contributed by atoms with Gasteiger partial charge in [0.05, 0.1) is 5.69 Å². The molecule has 2 heterocycles. The molecule has 6 nitrogen and oxygen atoms in total. The van der Waals surface area contributed by atoms with Crippen LogP contribution in [0, 0.1) is 0 Å². The second-order valence-electron chi connectivity index (χ2n) is 4.47. The monoisotopic (exact) mass is 323 g/mol. The summed E-state index contributed by atoms with van der Waals surface area (Å²) < 4.78 is 27.1. The minimum atomic E-state index is -3.57. The normalized spacial score (nSPS) is 15.0. The van der Waals surface area contributed by atoms with E-state index in [1.54, 1.807) is 46.7 Å². The predicted octanol–water partition coefficient (Wildman–Crippen LogP) is 2.08. The van der Waals surface area contributed by atoms with Crippen LogP contribution in [0.25, 0.3) is 0 Å². The summed E-state index contributed by atoms with van der Waals surface area (Å²) in [6.45, 7) is 1.16. The first kappa shape index (κ1) is 13.9. The van der Waals surface area contributed by atoms with Gasteiger partial charge >= 0.3 is 6.03 Å². The summed E-state index contributed by atoms with van der Waals surface area (Å²) in [6, 6.07) is 9.85. The van der Waals surface area contributed by atoms with Crippen molar-refractivity contribution >= 4 is 38.8 Å². The zero-order valence-corrected chi connectivity index (χ0v) is 12.6. The molecular weight excluding hydrogens is 310 g/mol. The molecule has 3 rings (SSSR count). The number of hydrogen-bond acceptors (Lipinski definition) is 4. The van der Waals surface area contributed by atoms with Crippen LogP contribution in [0.5, 0.6) is 0 Å². The van der Waals surface area contributed by atoms with Crippen LogP contribution < -0.4 is 14.9 Å². The molecule has 0 aliphatic carbocycles. The number of nitrogens with one attached hydrogen (secondary N) is 2. The molecule has 8 heteroatoms. The van der Waals surface area contributed by atoms with Gasteiger partial charge < -0.3 is 5.32 Å². The summed E-state index contributed by atoms with van der Waals surface area (Å²) in [4.78, 5) is 13.2. The maximum absolute atomic E-state index is 12.2. The maximum Gasteiger partial charge on any atom is 0.321 e. The number of thiophene rings is 1. The molecular formula is C13H13N3O3S2. The van der Waals surface area contributed by atoms with E-state index in [9.17, 15) is 13.2 Å². The van der Waals surface area contributed by atoms with Crippen LogP contribution in [0.4, 0.5) is 16.2 Å². The number of nitrogens with zero attached hydrogens (tertiary/aromatic N) is 1. The second kappa shape index (κ2) is 5.38. The summed E-state index contributed by atoms with van der Waals surface area (Å²) in [5, 5.41) is 4.42. The fraction of sp³-hybridized carbons (Fsp3) is 0.154. The summed E-state index contributed by atoms with van der Waals surface area (Å²) in [5.74, 6) is 0. The Balaban J connectivity index is 1.85. The fourth-order valence-electron chi connectivity index (χ4n) is 2.08. The predicted molar refractivity (Wildman–Crippen MR) is 82.3 cm³/mol. The van der Waals surface area contributed by atoms with Gasteiger partial charge in [0.25, 0.3) is 10.0 Å². The van der Waals surface area contributed by atoms with E-state index in [2.05, 4.69) is 10.0 Å². The number of sulfonamides is 1. The number of urea groups is 1. The molecule has 2 amide bonds. The summed E-state index contributed by atoms with van der Waals surface area (Å²) >= 11 is 1.15. The lowest BCUT2D eigenvalue weighted by Crippen LogP contribution is -2.27. The average molecular weight is 323 g/mol. The lowest BCUT2D eigenvalue weighted by molar-refractivity contribution is 0.252. The zero-order valence-electron chi connectivity index (χ0n) is 10.9. The van der Waals surface area contributed by atoms with Gasteiger partial charge in [0, 0.05) is 18.8 Å². The molecule has 2 aromatic rings. The molecule has 0 saturated carbocycles. The second-order valence-corrected chi connectivity index (χ2v) is 7.33. The number of amides is 2. The van der Waals surface area contributed by atoms with Crippen LogP contribution >= 0.6 is 11.3 Å². The quantitative estimate of drug-likeness (QED) is 0.904. The molecule has 0 unspecified atom stereocenters. The van der Waals surface area contributed by atoms with Gasteiger partial charge in [0.15, 0.2) is 0 Å². The lowest BCUT2D eigenvalue weighted by Gasteiger charge is -2.15. The molecule has 1 aliphatic rings. The van der Waals surface area contributed by atoms with Crippen LogP contribution in [0.3, 0.4) is 0 Å². The number of carbonyl (C=O) groups is 1. The summed E-state index contributed by atoms with van der Waals surface area (Å²) in [6.07, 6.45) is 0. The average Bonchev–Trinajstić information content (AvgIpc) is 3.09. The molecule has 1 aromatic carbocycles. The largest absolute Gasteiger partial charge is 0.336 e. The molecule has 1 aliphatic heterocycles. The Morgan fingerprint density at radius 2 is 2.10 bits per heavy atom. The van der Waals surface area contributed by atoms with Crippen molar-refractivity contribution in [3.63, 3.8) is 0 Å². The zero-order chi connectivity index (χ0) is 14.9. The molecule has 110 valence electrons. The standard InChI is InChI=1S/C13H13N3O3S2/c17-13-14-6-7-16(13)11-4-1-3-10(9-11)15-21(18,19)12-5-2-8-20-12/h1-5,8-9,15H,6-7H2,(H,14,17). The molecule has 21 heavy (non-hydrogen) atoms. The third kappa shape index (κ3) is 2.86. The molecule has 2 N–H and O–H groups in total. The van der Waals surface area contributed by atoms with Crippen LogP contribution in [-0.4, -0.2) is 27.5 Å². The third-order valence-electron chi connectivity index (χ3n) is 3.03. The maximum atomic E-state index is 12.2. The Morgan fingerprint density at radius 1 is 1.24 bits per heavy atom. The third-order valence-corrected chi connectivity index (χ3v) is 5.81. The van der Waals surface area contributed by atoms with E-state index in [0.717, 1.165) is 11.3 Å². The minimum Gasteiger partial charge on any atom is -0.336 e. The number of rotatable bonds is 4. The molecule has 0 bridgehead atoms. The van der Waals surface area contributed by atoms with Crippen molar-refractivity contribution in [2.24, 2.45) is 0 Å². The Morgan fingerprint density at radius 3 is 2.76 bits per heavy atom. The smallest absolute Gasteiger partial charge is 0.321 e. The first-order chi connectivity index (χ1) is 10.1. The highest BCUT2D eigenvalue weighted by Crippen LogP contribution is 2.24. The summed E-state index contributed by atoms with van der Waals surface area (Å²) in [7, 11) is -3.57. The molecule has 0 atom stereocenters. The van der Waals surface area contributed by atoms with E-state index < -0.39 is 10.0 Å². The van der Waals surface area contributed by atoms with Crippen molar-refractivity contribution in [2.45, 2.75) is 4.21 Å². The summed E-state index contributed by atoms with van der Waals surface area (Å²) in [5.41, 5.74) is 1.09. The van der Waals surface area contributed by atoms with E-state index in [-0.39, 0.29) is 10.2 Å². The van der Waals surface area contributed by atoms with Gasteiger partial charge in [-0.15, -0.1) is 11.3 Å².